The first-order chi connectivity index (χ1) is 16.2. The van der Waals surface area contributed by atoms with Gasteiger partial charge in [0.05, 0.1) is 28.5 Å². The van der Waals surface area contributed by atoms with E-state index in [2.05, 4.69) is 5.32 Å². The van der Waals surface area contributed by atoms with E-state index in [-0.39, 0.29) is 25.5 Å². The Labute approximate surface area is 214 Å². The van der Waals surface area contributed by atoms with Crippen LogP contribution in [0.25, 0.3) is 6.08 Å². The topological polar surface area (TPSA) is 105 Å². The summed E-state index contributed by atoms with van der Waals surface area (Å²) in [6.45, 7) is -0.268. The Morgan fingerprint density at radius 3 is 2.62 bits per heavy atom. The van der Waals surface area contributed by atoms with Gasteiger partial charge in [-0.3, -0.25) is 19.3 Å². The molecule has 8 nitrogen and oxygen atoms in total. The summed E-state index contributed by atoms with van der Waals surface area (Å²) in [6, 6.07) is 9.67. The number of thioether (sulfide) groups is 1. The molecule has 1 saturated heterocycles. The molecule has 12 heteroatoms. The van der Waals surface area contributed by atoms with Gasteiger partial charge in [0.15, 0.2) is 18.1 Å². The van der Waals surface area contributed by atoms with Crippen LogP contribution in [0.15, 0.2) is 41.3 Å². The number of anilines is 1. The van der Waals surface area contributed by atoms with Crippen LogP contribution >= 0.6 is 47.2 Å². The monoisotopic (exact) mass is 540 g/mol. The molecule has 34 heavy (non-hydrogen) atoms. The van der Waals surface area contributed by atoms with Gasteiger partial charge in [-0.1, -0.05) is 53.2 Å². The average molecular weight is 541 g/mol. The van der Waals surface area contributed by atoms with E-state index in [4.69, 9.17) is 50.0 Å². The number of rotatable bonds is 9. The lowest BCUT2D eigenvalue weighted by molar-refractivity contribution is -0.137. The second kappa shape index (κ2) is 11.6. The Morgan fingerprint density at radius 2 is 1.94 bits per heavy atom. The van der Waals surface area contributed by atoms with Crippen LogP contribution in [0.4, 0.5) is 5.69 Å². The Hall–Kier alpha value is -2.79. The van der Waals surface area contributed by atoms with Gasteiger partial charge in [0.1, 0.15) is 4.32 Å². The number of thiocarbonyl (C=S) groups is 1. The number of amides is 2. The van der Waals surface area contributed by atoms with Crippen LogP contribution in [-0.4, -0.2) is 52.4 Å². The van der Waals surface area contributed by atoms with Gasteiger partial charge in [0, 0.05) is 12.2 Å². The molecule has 0 bridgehead atoms. The summed E-state index contributed by atoms with van der Waals surface area (Å²) in [4.78, 5) is 37.2. The third-order valence-corrected chi connectivity index (χ3v) is 6.59. The fourth-order valence-electron chi connectivity index (χ4n) is 2.86. The highest BCUT2D eigenvalue weighted by Crippen LogP contribution is 2.35. The number of nitrogens with zero attached hydrogens (tertiary/aromatic N) is 1. The molecule has 0 aliphatic carbocycles. The molecule has 0 radical (unpaired) electrons. The number of methoxy groups -OCH3 is 1. The second-order valence-electron chi connectivity index (χ2n) is 6.85. The standard InChI is InChI=1S/C22H18Cl2N2O6S2/c1-31-17-8-12(9-18-21(30)26(22(33)34-18)7-6-20(28)29)2-5-16(17)32-11-19(27)25-13-3-4-14(23)15(24)10-13/h2-5,8-10H,6-7,11H2,1H3,(H,25,27)(H,28,29)/b18-9-. The molecule has 0 atom stereocenters. The molecule has 1 aliphatic heterocycles. The number of nitrogens with one attached hydrogen (secondary N) is 1. The van der Waals surface area contributed by atoms with E-state index in [1.54, 1.807) is 36.4 Å². The minimum absolute atomic E-state index is 0.0116. The molecule has 2 aromatic carbocycles. The predicted molar refractivity (Wildman–Crippen MR) is 136 cm³/mol. The zero-order chi connectivity index (χ0) is 24.8. The van der Waals surface area contributed by atoms with Gasteiger partial charge in [-0.25, -0.2) is 0 Å². The molecule has 0 saturated carbocycles. The maximum Gasteiger partial charge on any atom is 0.305 e. The van der Waals surface area contributed by atoms with Crippen LogP contribution in [0, 0.1) is 0 Å². The van der Waals surface area contributed by atoms with Crippen molar-refractivity contribution in [2.24, 2.45) is 0 Å². The maximum absolute atomic E-state index is 12.6. The molecule has 2 N–H and O–H groups in total. The predicted octanol–water partition coefficient (Wildman–Crippen LogP) is 4.70. The Bertz CT molecular complexity index is 1190. The van der Waals surface area contributed by atoms with Gasteiger partial charge in [-0.2, -0.15) is 0 Å². The van der Waals surface area contributed by atoms with Crippen molar-refractivity contribution in [1.82, 2.24) is 4.90 Å². The number of halogens is 2. The highest BCUT2D eigenvalue weighted by atomic mass is 35.5. The first-order valence-corrected chi connectivity index (χ1v) is 11.7. The summed E-state index contributed by atoms with van der Waals surface area (Å²) < 4.78 is 11.2. The van der Waals surface area contributed by atoms with Gasteiger partial charge in [-0.05, 0) is 42.0 Å². The number of carbonyl (C=O) groups excluding carboxylic acids is 2. The number of benzene rings is 2. The lowest BCUT2D eigenvalue weighted by atomic mass is 10.2. The SMILES string of the molecule is COc1cc(/C=C2\SC(=S)N(CCC(=O)O)C2=O)ccc1OCC(=O)Nc1ccc(Cl)c(Cl)c1. The molecule has 0 unspecified atom stereocenters. The summed E-state index contributed by atoms with van der Waals surface area (Å²) in [5, 5.41) is 12.2. The van der Waals surface area contributed by atoms with Gasteiger partial charge in [0.25, 0.3) is 11.8 Å². The van der Waals surface area contributed by atoms with E-state index < -0.39 is 11.9 Å². The summed E-state index contributed by atoms with van der Waals surface area (Å²) in [7, 11) is 1.45. The summed E-state index contributed by atoms with van der Waals surface area (Å²) in [6.07, 6.45) is 1.43. The van der Waals surface area contributed by atoms with Gasteiger partial charge >= 0.3 is 5.97 Å². The summed E-state index contributed by atoms with van der Waals surface area (Å²) >= 11 is 18.1. The number of aliphatic carboxylic acids is 1. The van der Waals surface area contributed by atoms with Crippen molar-refractivity contribution >= 4 is 81.0 Å². The van der Waals surface area contributed by atoms with Crippen molar-refractivity contribution in [2.45, 2.75) is 6.42 Å². The van der Waals surface area contributed by atoms with Crippen LogP contribution in [0.5, 0.6) is 11.5 Å². The van der Waals surface area contributed by atoms with Gasteiger partial charge in [0.2, 0.25) is 0 Å². The minimum atomic E-state index is -1.01. The molecule has 3 rings (SSSR count). The molecular formula is C22H18Cl2N2O6S2. The van der Waals surface area contributed by atoms with Crippen molar-refractivity contribution < 1.29 is 29.0 Å². The van der Waals surface area contributed by atoms with Crippen molar-refractivity contribution in [3.05, 3.63) is 56.9 Å². The van der Waals surface area contributed by atoms with Crippen molar-refractivity contribution in [3.63, 3.8) is 0 Å². The highest BCUT2D eigenvalue weighted by Gasteiger charge is 2.32. The number of carboxylic acids is 1. The van der Waals surface area contributed by atoms with Crippen LogP contribution in [0.3, 0.4) is 0 Å². The molecule has 178 valence electrons. The Morgan fingerprint density at radius 1 is 1.18 bits per heavy atom. The van der Waals surface area contributed by atoms with E-state index in [9.17, 15) is 14.4 Å². The van der Waals surface area contributed by atoms with Crippen molar-refractivity contribution in [2.75, 3.05) is 25.6 Å². The lowest BCUT2D eigenvalue weighted by Gasteiger charge is -2.12. The number of ether oxygens (including phenoxy) is 2. The molecule has 1 fully saturated rings. The van der Waals surface area contributed by atoms with Gasteiger partial charge < -0.3 is 19.9 Å². The number of carbonyl (C=O) groups is 3. The van der Waals surface area contributed by atoms with Crippen molar-refractivity contribution in [1.29, 1.82) is 0 Å². The molecule has 1 heterocycles. The number of hydrogen-bond acceptors (Lipinski definition) is 7. The largest absolute Gasteiger partial charge is 0.493 e. The van der Waals surface area contributed by atoms with E-state index in [0.717, 1.165) is 11.8 Å². The Kier molecular flexibility index (Phi) is 8.78. The summed E-state index contributed by atoms with van der Waals surface area (Å²) in [5.41, 5.74) is 1.12. The zero-order valence-corrected chi connectivity index (χ0v) is 20.8. The van der Waals surface area contributed by atoms with Crippen LogP contribution in [0.1, 0.15) is 12.0 Å². The lowest BCUT2D eigenvalue weighted by Crippen LogP contribution is -2.30. The molecule has 2 aromatic rings. The number of carboxylic acid groups (broad SMARTS) is 1. The second-order valence-corrected chi connectivity index (χ2v) is 9.34. The summed E-state index contributed by atoms with van der Waals surface area (Å²) in [5.74, 6) is -1.08. The van der Waals surface area contributed by atoms with E-state index in [0.29, 0.717) is 42.0 Å². The van der Waals surface area contributed by atoms with Crippen LogP contribution < -0.4 is 14.8 Å². The van der Waals surface area contributed by atoms with Crippen LogP contribution in [-0.2, 0) is 14.4 Å². The van der Waals surface area contributed by atoms with E-state index in [1.807, 2.05) is 0 Å². The fourth-order valence-corrected chi connectivity index (χ4v) is 4.47. The van der Waals surface area contributed by atoms with Crippen LogP contribution in [0.2, 0.25) is 10.0 Å². The number of hydrogen-bond donors (Lipinski definition) is 2. The molecule has 0 spiro atoms. The highest BCUT2D eigenvalue weighted by molar-refractivity contribution is 8.26. The van der Waals surface area contributed by atoms with Gasteiger partial charge in [-0.15, -0.1) is 0 Å². The normalized spacial score (nSPS) is 14.4. The Balaban J connectivity index is 1.65. The molecular weight excluding hydrogens is 523 g/mol. The third kappa shape index (κ3) is 6.63. The molecule has 2 amide bonds. The fraction of sp³-hybridized carbons (Fsp3) is 0.182. The van der Waals surface area contributed by atoms with E-state index in [1.165, 1.54) is 18.1 Å². The minimum Gasteiger partial charge on any atom is -0.493 e. The zero-order valence-electron chi connectivity index (χ0n) is 17.7. The molecule has 1 aliphatic rings. The van der Waals surface area contributed by atoms with E-state index >= 15 is 0 Å². The molecule has 0 aromatic heterocycles. The first kappa shape index (κ1) is 25.8. The quantitative estimate of drug-likeness (QED) is 0.348. The maximum atomic E-state index is 12.6. The first-order valence-electron chi connectivity index (χ1n) is 9.71. The smallest absolute Gasteiger partial charge is 0.305 e. The average Bonchev–Trinajstić information content (AvgIpc) is 3.05. The third-order valence-electron chi connectivity index (χ3n) is 4.47. The van der Waals surface area contributed by atoms with Crippen molar-refractivity contribution in [3.8, 4) is 11.5 Å².